The molecule has 0 spiro atoms. The molecule has 0 radical (unpaired) electrons. The Morgan fingerprint density at radius 3 is 2.25 bits per heavy atom. The molecule has 0 fully saturated rings. The second-order valence-electron chi connectivity index (χ2n) is 11.1. The molecular formula is C35H39N3O2. The molecule has 4 rings (SSSR count). The smallest absolute Gasteiger partial charge is 0.261 e. The Labute approximate surface area is 238 Å². The number of nitriles is 1. The van der Waals surface area contributed by atoms with E-state index in [-0.39, 0.29) is 11.2 Å². The third-order valence-corrected chi connectivity index (χ3v) is 7.69. The summed E-state index contributed by atoms with van der Waals surface area (Å²) < 4.78 is 7.98. The predicted octanol–water partition coefficient (Wildman–Crippen LogP) is 7.69. The Morgan fingerprint density at radius 1 is 0.975 bits per heavy atom. The van der Waals surface area contributed by atoms with Crippen molar-refractivity contribution in [3.05, 3.63) is 111 Å². The van der Waals surface area contributed by atoms with Crippen LogP contribution >= 0.6 is 0 Å². The Hall–Kier alpha value is -4.17. The normalized spacial score (nSPS) is 11.4. The molecule has 0 saturated heterocycles. The van der Waals surface area contributed by atoms with Gasteiger partial charge < -0.3 is 4.74 Å². The van der Waals surface area contributed by atoms with Crippen molar-refractivity contribution in [1.82, 2.24) is 9.55 Å². The van der Waals surface area contributed by atoms with Crippen LogP contribution < -0.4 is 10.3 Å². The summed E-state index contributed by atoms with van der Waals surface area (Å²) in [6.07, 6.45) is 2.81. The first-order chi connectivity index (χ1) is 19.2. The van der Waals surface area contributed by atoms with E-state index in [4.69, 9.17) is 9.72 Å². The highest BCUT2D eigenvalue weighted by atomic mass is 16.5. The molecule has 0 aliphatic carbocycles. The van der Waals surface area contributed by atoms with Gasteiger partial charge in [-0.1, -0.05) is 76.6 Å². The fourth-order valence-electron chi connectivity index (χ4n) is 4.70. The third-order valence-electron chi connectivity index (χ3n) is 7.69. The van der Waals surface area contributed by atoms with Crippen LogP contribution in [0.15, 0.2) is 77.6 Å². The van der Waals surface area contributed by atoms with Gasteiger partial charge in [-0.15, -0.1) is 0 Å². The number of aryl methyl sites for hydroxylation is 2. The zero-order valence-electron chi connectivity index (χ0n) is 24.5. The monoisotopic (exact) mass is 533 g/mol. The van der Waals surface area contributed by atoms with Gasteiger partial charge in [-0.25, -0.2) is 4.98 Å². The lowest BCUT2D eigenvalue weighted by molar-refractivity contribution is 0.0600. The number of aromatic nitrogens is 2. The zero-order valence-corrected chi connectivity index (χ0v) is 24.5. The molecule has 5 nitrogen and oxygen atoms in total. The largest absolute Gasteiger partial charge is 0.488 e. The average molecular weight is 534 g/mol. The molecule has 0 bridgehead atoms. The molecule has 5 heteroatoms. The van der Waals surface area contributed by atoms with E-state index in [1.54, 1.807) is 4.57 Å². The van der Waals surface area contributed by atoms with Crippen LogP contribution in [0.1, 0.15) is 76.2 Å². The summed E-state index contributed by atoms with van der Waals surface area (Å²) in [5.74, 6) is 1.90. The number of hydrogen-bond donors (Lipinski definition) is 0. The van der Waals surface area contributed by atoms with E-state index >= 15 is 0 Å². The van der Waals surface area contributed by atoms with Gasteiger partial charge >= 0.3 is 0 Å². The van der Waals surface area contributed by atoms with Crippen molar-refractivity contribution in [2.75, 3.05) is 0 Å². The number of hydrogen-bond acceptors (Lipinski definition) is 4. The van der Waals surface area contributed by atoms with Crippen LogP contribution in [-0.2, 0) is 19.3 Å². The van der Waals surface area contributed by atoms with E-state index < -0.39 is 0 Å². The van der Waals surface area contributed by atoms with Crippen LogP contribution in [0, 0.1) is 17.2 Å². The molecular weight excluding hydrogens is 494 g/mol. The molecule has 1 aromatic heterocycles. The zero-order chi connectivity index (χ0) is 28.9. The minimum Gasteiger partial charge on any atom is -0.488 e. The predicted molar refractivity (Wildman–Crippen MR) is 162 cm³/mol. The molecule has 0 amide bonds. The van der Waals surface area contributed by atoms with Gasteiger partial charge in [0.25, 0.3) is 5.56 Å². The number of rotatable bonds is 10. The maximum absolute atomic E-state index is 14.1. The number of ether oxygens (including phenoxy) is 1. The van der Waals surface area contributed by atoms with Gasteiger partial charge in [0.2, 0.25) is 0 Å². The Bertz CT molecular complexity index is 1560. The molecule has 0 unspecified atom stereocenters. The van der Waals surface area contributed by atoms with Crippen molar-refractivity contribution in [1.29, 1.82) is 5.26 Å². The van der Waals surface area contributed by atoms with E-state index in [0.29, 0.717) is 24.3 Å². The Morgan fingerprint density at radius 2 is 1.65 bits per heavy atom. The highest BCUT2D eigenvalue weighted by Gasteiger charge is 2.24. The van der Waals surface area contributed by atoms with E-state index in [1.807, 2.05) is 79.7 Å². The van der Waals surface area contributed by atoms with Crippen molar-refractivity contribution in [3.63, 3.8) is 0 Å². The second kappa shape index (κ2) is 12.3. The van der Waals surface area contributed by atoms with Gasteiger partial charge in [0.15, 0.2) is 0 Å². The van der Waals surface area contributed by atoms with Crippen LogP contribution in [0.4, 0.5) is 0 Å². The lowest BCUT2D eigenvalue weighted by Crippen LogP contribution is -2.34. The summed E-state index contributed by atoms with van der Waals surface area (Å²) >= 11 is 0. The van der Waals surface area contributed by atoms with E-state index in [1.165, 1.54) is 0 Å². The van der Waals surface area contributed by atoms with E-state index in [0.717, 1.165) is 58.1 Å². The lowest BCUT2D eigenvalue weighted by Gasteiger charge is -2.30. The topological polar surface area (TPSA) is 67.9 Å². The van der Waals surface area contributed by atoms with Gasteiger partial charge in [-0.3, -0.25) is 9.36 Å². The fourth-order valence-corrected chi connectivity index (χ4v) is 4.70. The standard InChI is InChI=1S/C35H39N3O2/c1-7-11-32-31(22-25-14-16-26(17-15-25)30-13-10-9-12-27(30)23-36)34(39)38(33(8-2)37-32)28-18-20-29(21-19-28)40-35(5,6)24(3)4/h9-10,12-21,24H,7-8,11,22H2,1-6H3. The molecule has 4 aromatic rings. The summed E-state index contributed by atoms with van der Waals surface area (Å²) in [6, 6.07) is 25.7. The van der Waals surface area contributed by atoms with Crippen LogP contribution in [0.5, 0.6) is 5.75 Å². The molecule has 0 N–H and O–H groups in total. The van der Waals surface area contributed by atoms with Crippen LogP contribution in [-0.4, -0.2) is 15.2 Å². The maximum Gasteiger partial charge on any atom is 0.261 e. The maximum atomic E-state index is 14.1. The van der Waals surface area contributed by atoms with Crippen LogP contribution in [0.25, 0.3) is 16.8 Å². The molecule has 0 aliphatic rings. The van der Waals surface area contributed by atoms with Crippen molar-refractivity contribution in [3.8, 4) is 28.6 Å². The summed E-state index contributed by atoms with van der Waals surface area (Å²) in [6.45, 7) is 12.6. The lowest BCUT2D eigenvalue weighted by atomic mass is 9.94. The molecule has 206 valence electrons. The average Bonchev–Trinajstić information content (AvgIpc) is 2.95. The summed E-state index contributed by atoms with van der Waals surface area (Å²) in [5.41, 5.74) is 5.64. The minimum atomic E-state index is -0.296. The summed E-state index contributed by atoms with van der Waals surface area (Å²) in [7, 11) is 0. The second-order valence-corrected chi connectivity index (χ2v) is 11.1. The number of benzene rings is 3. The van der Waals surface area contributed by atoms with Crippen molar-refractivity contribution < 1.29 is 4.74 Å². The first kappa shape index (κ1) is 28.8. The molecule has 1 heterocycles. The Balaban J connectivity index is 1.71. The highest BCUT2D eigenvalue weighted by Crippen LogP contribution is 2.27. The van der Waals surface area contributed by atoms with Gasteiger partial charge in [0, 0.05) is 18.4 Å². The van der Waals surface area contributed by atoms with Crippen LogP contribution in [0.3, 0.4) is 0 Å². The number of nitrogens with zero attached hydrogens (tertiary/aromatic N) is 3. The molecule has 0 atom stereocenters. The van der Waals surface area contributed by atoms with Crippen LogP contribution in [0.2, 0.25) is 0 Å². The van der Waals surface area contributed by atoms with E-state index in [2.05, 4.69) is 40.7 Å². The van der Waals surface area contributed by atoms with Gasteiger partial charge in [-0.05, 0) is 73.2 Å². The van der Waals surface area contributed by atoms with Crippen molar-refractivity contribution in [2.45, 2.75) is 72.8 Å². The molecule has 0 aliphatic heterocycles. The van der Waals surface area contributed by atoms with Gasteiger partial charge in [0.1, 0.15) is 17.2 Å². The fraction of sp³-hybridized carbons (Fsp3) is 0.343. The summed E-state index contributed by atoms with van der Waals surface area (Å²) in [4.78, 5) is 19.1. The Kier molecular flexibility index (Phi) is 8.90. The molecule has 40 heavy (non-hydrogen) atoms. The summed E-state index contributed by atoms with van der Waals surface area (Å²) in [5, 5.41) is 9.49. The quantitative estimate of drug-likeness (QED) is 0.210. The van der Waals surface area contributed by atoms with E-state index in [9.17, 15) is 10.1 Å². The minimum absolute atomic E-state index is 0.0228. The molecule has 0 saturated carbocycles. The van der Waals surface area contributed by atoms with Gasteiger partial charge in [-0.2, -0.15) is 5.26 Å². The highest BCUT2D eigenvalue weighted by molar-refractivity contribution is 5.70. The van der Waals surface area contributed by atoms with Gasteiger partial charge in [0.05, 0.1) is 23.0 Å². The van der Waals surface area contributed by atoms with Crippen molar-refractivity contribution >= 4 is 0 Å². The SMILES string of the molecule is CCCc1nc(CC)n(-c2ccc(OC(C)(C)C(C)C)cc2)c(=O)c1Cc1ccc(-c2ccccc2C#N)cc1. The van der Waals surface area contributed by atoms with Crippen molar-refractivity contribution in [2.24, 2.45) is 5.92 Å². The first-order valence-electron chi connectivity index (χ1n) is 14.2. The third kappa shape index (κ3) is 6.18. The first-order valence-corrected chi connectivity index (χ1v) is 14.2. The molecule has 3 aromatic carbocycles.